The summed E-state index contributed by atoms with van der Waals surface area (Å²) in [6.45, 7) is 4.35. The Morgan fingerprint density at radius 1 is 1.50 bits per heavy atom. The fraction of sp³-hybridized carbons (Fsp3) is 0.562. The number of nitrogens with two attached hydrogens (primary N) is 1. The van der Waals surface area contributed by atoms with Crippen molar-refractivity contribution in [1.82, 2.24) is 5.32 Å². The Morgan fingerprint density at radius 2 is 2.25 bits per heavy atom. The van der Waals surface area contributed by atoms with Crippen LogP contribution in [0.5, 0.6) is 5.75 Å². The molecule has 0 fully saturated rings. The third kappa shape index (κ3) is 3.12. The topological polar surface area (TPSA) is 64.3 Å². The minimum Gasteiger partial charge on any atom is -0.497 e. The first-order valence-corrected chi connectivity index (χ1v) is 7.14. The van der Waals surface area contributed by atoms with Crippen molar-refractivity contribution < 1.29 is 9.53 Å². The van der Waals surface area contributed by atoms with E-state index >= 15 is 0 Å². The van der Waals surface area contributed by atoms with Gasteiger partial charge in [0.2, 0.25) is 5.91 Å². The van der Waals surface area contributed by atoms with Crippen LogP contribution >= 0.6 is 0 Å². The number of amides is 1. The largest absolute Gasteiger partial charge is 0.497 e. The number of nitrogens with one attached hydrogen (secondary N) is 1. The zero-order chi connectivity index (χ0) is 14.8. The van der Waals surface area contributed by atoms with Gasteiger partial charge in [0.25, 0.3) is 0 Å². The summed E-state index contributed by atoms with van der Waals surface area (Å²) in [6.07, 6.45) is 3.33. The SMILES string of the molecule is COc1ccc2c(c1)CCCC2NCC(C)(C)C(N)=O. The van der Waals surface area contributed by atoms with Crippen LogP contribution in [0.2, 0.25) is 0 Å². The summed E-state index contributed by atoms with van der Waals surface area (Å²) in [4.78, 5) is 11.4. The van der Waals surface area contributed by atoms with Gasteiger partial charge in [0.15, 0.2) is 0 Å². The zero-order valence-electron chi connectivity index (χ0n) is 12.5. The number of benzene rings is 1. The van der Waals surface area contributed by atoms with Crippen molar-refractivity contribution in [3.8, 4) is 5.75 Å². The van der Waals surface area contributed by atoms with Gasteiger partial charge in [0.1, 0.15) is 5.75 Å². The number of aryl methyl sites for hydroxylation is 1. The first-order valence-electron chi connectivity index (χ1n) is 7.14. The molecule has 0 saturated carbocycles. The Bertz CT molecular complexity index is 497. The van der Waals surface area contributed by atoms with Gasteiger partial charge in [-0.2, -0.15) is 0 Å². The van der Waals surface area contributed by atoms with E-state index in [0.717, 1.165) is 25.0 Å². The Balaban J connectivity index is 2.11. The van der Waals surface area contributed by atoms with Crippen LogP contribution in [0.3, 0.4) is 0 Å². The number of primary amides is 1. The molecule has 1 unspecified atom stereocenters. The van der Waals surface area contributed by atoms with Crippen LogP contribution in [0.15, 0.2) is 18.2 Å². The fourth-order valence-electron chi connectivity index (χ4n) is 2.60. The van der Waals surface area contributed by atoms with Crippen molar-refractivity contribution >= 4 is 5.91 Å². The minimum atomic E-state index is -0.524. The standard InChI is InChI=1S/C16H24N2O2/c1-16(2,15(17)19)10-18-14-6-4-5-11-9-12(20-3)7-8-13(11)14/h7-9,14,18H,4-6,10H2,1-3H3,(H2,17,19). The van der Waals surface area contributed by atoms with Gasteiger partial charge >= 0.3 is 0 Å². The number of ether oxygens (including phenoxy) is 1. The van der Waals surface area contributed by atoms with Crippen molar-refractivity contribution in [2.24, 2.45) is 11.1 Å². The molecule has 0 heterocycles. The third-order valence-corrected chi connectivity index (χ3v) is 4.12. The predicted molar refractivity (Wildman–Crippen MR) is 79.7 cm³/mol. The first kappa shape index (κ1) is 14.9. The lowest BCUT2D eigenvalue weighted by Gasteiger charge is -2.30. The second-order valence-electron chi connectivity index (χ2n) is 6.14. The molecular formula is C16H24N2O2. The van der Waals surface area contributed by atoms with Gasteiger partial charge < -0.3 is 15.8 Å². The van der Waals surface area contributed by atoms with Crippen LogP contribution in [-0.2, 0) is 11.2 Å². The monoisotopic (exact) mass is 276 g/mol. The van der Waals surface area contributed by atoms with Gasteiger partial charge in [-0.1, -0.05) is 6.07 Å². The van der Waals surface area contributed by atoms with Crippen molar-refractivity contribution in [2.75, 3.05) is 13.7 Å². The summed E-state index contributed by atoms with van der Waals surface area (Å²) in [5.74, 6) is 0.637. The molecule has 3 N–H and O–H groups in total. The number of carbonyl (C=O) groups is 1. The van der Waals surface area contributed by atoms with Gasteiger partial charge in [0, 0.05) is 12.6 Å². The number of hydrogen-bond acceptors (Lipinski definition) is 3. The molecule has 0 radical (unpaired) electrons. The first-order chi connectivity index (χ1) is 9.44. The van der Waals surface area contributed by atoms with Gasteiger partial charge in [-0.25, -0.2) is 0 Å². The summed E-state index contributed by atoms with van der Waals surface area (Å²) in [6, 6.07) is 6.53. The lowest BCUT2D eigenvalue weighted by atomic mass is 9.86. The van der Waals surface area contributed by atoms with Crippen LogP contribution in [-0.4, -0.2) is 19.6 Å². The highest BCUT2D eigenvalue weighted by Crippen LogP contribution is 2.32. The molecule has 1 aliphatic rings. The highest BCUT2D eigenvalue weighted by Gasteiger charge is 2.27. The Morgan fingerprint density at radius 3 is 2.90 bits per heavy atom. The molecule has 110 valence electrons. The van der Waals surface area contributed by atoms with E-state index < -0.39 is 5.41 Å². The van der Waals surface area contributed by atoms with E-state index in [1.54, 1.807) is 7.11 Å². The number of methoxy groups -OCH3 is 1. The van der Waals surface area contributed by atoms with E-state index in [2.05, 4.69) is 17.4 Å². The van der Waals surface area contributed by atoms with Crippen LogP contribution < -0.4 is 15.8 Å². The Hall–Kier alpha value is -1.55. The van der Waals surface area contributed by atoms with Gasteiger partial charge in [-0.3, -0.25) is 4.79 Å². The molecule has 1 aromatic rings. The van der Waals surface area contributed by atoms with E-state index in [1.807, 2.05) is 19.9 Å². The average molecular weight is 276 g/mol. The van der Waals surface area contributed by atoms with E-state index in [9.17, 15) is 4.79 Å². The zero-order valence-corrected chi connectivity index (χ0v) is 12.5. The van der Waals surface area contributed by atoms with Crippen LogP contribution in [0, 0.1) is 5.41 Å². The Labute approximate surface area is 120 Å². The van der Waals surface area contributed by atoms with Gasteiger partial charge in [-0.15, -0.1) is 0 Å². The van der Waals surface area contributed by atoms with E-state index in [4.69, 9.17) is 10.5 Å². The lowest BCUT2D eigenvalue weighted by molar-refractivity contribution is -0.125. The third-order valence-electron chi connectivity index (χ3n) is 4.12. The summed E-state index contributed by atoms with van der Waals surface area (Å²) >= 11 is 0. The van der Waals surface area contributed by atoms with Crippen molar-refractivity contribution in [3.63, 3.8) is 0 Å². The molecule has 0 saturated heterocycles. The predicted octanol–water partition coefficient (Wildman–Crippen LogP) is 2.17. The van der Waals surface area contributed by atoms with Crippen molar-refractivity contribution in [1.29, 1.82) is 0 Å². The summed E-state index contributed by atoms with van der Waals surface area (Å²) in [7, 11) is 1.69. The second-order valence-corrected chi connectivity index (χ2v) is 6.14. The van der Waals surface area contributed by atoms with Crippen molar-refractivity contribution in [3.05, 3.63) is 29.3 Å². The lowest BCUT2D eigenvalue weighted by Crippen LogP contribution is -2.42. The maximum absolute atomic E-state index is 11.4. The number of fused-ring (bicyclic) bond motifs is 1. The van der Waals surface area contributed by atoms with Crippen LogP contribution in [0.4, 0.5) is 0 Å². The molecule has 4 heteroatoms. The molecule has 1 aliphatic carbocycles. The van der Waals surface area contributed by atoms with E-state index in [1.165, 1.54) is 11.1 Å². The summed E-state index contributed by atoms with van der Waals surface area (Å²) in [5, 5.41) is 3.50. The number of carbonyl (C=O) groups excluding carboxylic acids is 1. The van der Waals surface area contributed by atoms with Crippen LogP contribution in [0.1, 0.15) is 43.9 Å². The van der Waals surface area contributed by atoms with Gasteiger partial charge in [0.05, 0.1) is 12.5 Å². The number of rotatable bonds is 5. The molecule has 2 rings (SSSR count). The maximum atomic E-state index is 11.4. The average Bonchev–Trinajstić information content (AvgIpc) is 2.44. The molecule has 1 aromatic carbocycles. The normalized spacial score (nSPS) is 18.4. The van der Waals surface area contributed by atoms with E-state index in [-0.39, 0.29) is 5.91 Å². The Kier molecular flexibility index (Phi) is 4.33. The molecular weight excluding hydrogens is 252 g/mol. The van der Waals surface area contributed by atoms with Gasteiger partial charge in [-0.05, 0) is 56.4 Å². The van der Waals surface area contributed by atoms with E-state index in [0.29, 0.717) is 12.6 Å². The van der Waals surface area contributed by atoms with Crippen LogP contribution in [0.25, 0.3) is 0 Å². The molecule has 0 spiro atoms. The summed E-state index contributed by atoms with van der Waals surface area (Å²) < 4.78 is 5.28. The molecule has 20 heavy (non-hydrogen) atoms. The maximum Gasteiger partial charge on any atom is 0.224 e. The highest BCUT2D eigenvalue weighted by molar-refractivity contribution is 5.80. The molecule has 0 aliphatic heterocycles. The quantitative estimate of drug-likeness (QED) is 0.866. The molecule has 1 atom stereocenters. The summed E-state index contributed by atoms with van der Waals surface area (Å²) in [5.41, 5.74) is 7.55. The highest BCUT2D eigenvalue weighted by atomic mass is 16.5. The molecule has 0 aromatic heterocycles. The minimum absolute atomic E-state index is 0.268. The molecule has 4 nitrogen and oxygen atoms in total. The number of hydrogen-bond donors (Lipinski definition) is 2. The molecule has 1 amide bonds. The smallest absolute Gasteiger partial charge is 0.224 e. The second kappa shape index (κ2) is 5.83. The molecule has 0 bridgehead atoms. The van der Waals surface area contributed by atoms with Crippen molar-refractivity contribution in [2.45, 2.75) is 39.2 Å². The fourth-order valence-corrected chi connectivity index (χ4v) is 2.60.